The van der Waals surface area contributed by atoms with E-state index in [2.05, 4.69) is 9.62 Å². The number of hydrogen-bond acceptors (Lipinski definition) is 10. The third-order valence-corrected chi connectivity index (χ3v) is 11.4. The van der Waals surface area contributed by atoms with Crippen molar-refractivity contribution in [2.75, 3.05) is 33.9 Å². The molecule has 2 bridgehead atoms. The van der Waals surface area contributed by atoms with Crippen LogP contribution < -0.4 is 18.9 Å². The Morgan fingerprint density at radius 3 is 2.25 bits per heavy atom. The van der Waals surface area contributed by atoms with E-state index in [1.807, 2.05) is 0 Å². The van der Waals surface area contributed by atoms with Crippen LogP contribution in [0.15, 0.2) is 90.1 Å². The molecule has 3 fully saturated rings. The fourth-order valence-electron chi connectivity index (χ4n) is 6.56. The normalized spacial score (nSPS) is 19.3. The van der Waals surface area contributed by atoms with Gasteiger partial charge in [-0.2, -0.15) is 9.45 Å². The van der Waals surface area contributed by atoms with Crippen LogP contribution in [-0.2, 0) is 30.7 Å². The van der Waals surface area contributed by atoms with Crippen molar-refractivity contribution in [3.8, 4) is 11.5 Å². The van der Waals surface area contributed by atoms with Crippen LogP contribution in [0.25, 0.3) is 0 Å². The number of benzene rings is 3. The van der Waals surface area contributed by atoms with Gasteiger partial charge in [0.15, 0.2) is 23.9 Å². The largest absolute Gasteiger partial charge is 0.619 e. The van der Waals surface area contributed by atoms with Gasteiger partial charge in [0.2, 0.25) is 10.0 Å². The van der Waals surface area contributed by atoms with E-state index in [-0.39, 0.29) is 38.9 Å². The lowest BCUT2D eigenvalue weighted by Crippen LogP contribution is -2.52. The van der Waals surface area contributed by atoms with Crippen LogP contribution in [0.5, 0.6) is 11.5 Å². The molecule has 0 aliphatic carbocycles. The molecule has 4 heterocycles. The standard InChI is InChI=1S/C37H37Cl2N3O9S/c1-48-31-12-11-25(18-33(31)49-2)32(19-28-29(38)20-42(45)21-30(28)39)50-36(43)26-9-6-10-27(17-26)52(46,47)40-35(24-7-4-3-5-8-24)37(44)51-34-22-41-15-13-23(34)14-16-41/h3-12,17-18,20-21,23,32,34-35,40H,13-16,19,22H2,1-2H3/t32?,34-,35?/m0/s1. The third-order valence-electron chi connectivity index (χ3n) is 9.36. The Balaban J connectivity index is 1.26. The fourth-order valence-corrected chi connectivity index (χ4v) is 8.38. The van der Waals surface area contributed by atoms with E-state index in [0.717, 1.165) is 38.3 Å². The molecular formula is C37H37Cl2N3O9S. The average molecular weight is 771 g/mol. The number of fused-ring (bicyclic) bond motifs is 3. The highest BCUT2D eigenvalue weighted by molar-refractivity contribution is 7.89. The van der Waals surface area contributed by atoms with E-state index in [1.165, 1.54) is 38.5 Å². The van der Waals surface area contributed by atoms with Crippen LogP contribution in [0.3, 0.4) is 0 Å². The number of hydrogen-bond donors (Lipinski definition) is 1. The van der Waals surface area contributed by atoms with Crippen LogP contribution in [0.2, 0.25) is 10.0 Å². The lowest BCUT2D eigenvalue weighted by molar-refractivity contribution is -0.605. The zero-order valence-electron chi connectivity index (χ0n) is 28.4. The second-order valence-corrected chi connectivity index (χ2v) is 15.1. The molecule has 3 aliphatic heterocycles. The Bertz CT molecular complexity index is 2020. The Morgan fingerprint density at radius 2 is 1.62 bits per heavy atom. The molecule has 3 aliphatic rings. The zero-order valence-corrected chi connectivity index (χ0v) is 30.7. The van der Waals surface area contributed by atoms with Crippen LogP contribution in [-0.4, -0.2) is 65.2 Å². The predicted molar refractivity (Wildman–Crippen MR) is 192 cm³/mol. The maximum Gasteiger partial charge on any atom is 0.338 e. The number of carbonyl (C=O) groups excluding carboxylic acids is 2. The number of ether oxygens (including phenoxy) is 4. The maximum absolute atomic E-state index is 13.9. The molecule has 274 valence electrons. The first-order chi connectivity index (χ1) is 24.9. The number of pyridine rings is 1. The van der Waals surface area contributed by atoms with Crippen LogP contribution >= 0.6 is 23.2 Å². The second kappa shape index (κ2) is 16.1. The highest BCUT2D eigenvalue weighted by Gasteiger charge is 2.39. The molecule has 7 rings (SSSR count). The minimum atomic E-state index is -4.39. The van der Waals surface area contributed by atoms with E-state index in [1.54, 1.807) is 48.5 Å². The molecule has 3 aromatic carbocycles. The van der Waals surface area contributed by atoms with Gasteiger partial charge in [-0.25, -0.2) is 18.0 Å². The topological polar surface area (TPSA) is 147 Å². The van der Waals surface area contributed by atoms with Gasteiger partial charge in [-0.15, -0.1) is 0 Å². The zero-order chi connectivity index (χ0) is 37.0. The van der Waals surface area contributed by atoms with Crippen LogP contribution in [0.1, 0.15) is 52.0 Å². The lowest BCUT2D eigenvalue weighted by Gasteiger charge is -2.44. The molecular weight excluding hydrogens is 733 g/mol. The molecule has 12 nitrogen and oxygen atoms in total. The second-order valence-electron chi connectivity index (χ2n) is 12.6. The van der Waals surface area contributed by atoms with Crippen molar-refractivity contribution in [3.05, 3.63) is 123 Å². The minimum Gasteiger partial charge on any atom is -0.619 e. The number of nitrogens with zero attached hydrogens (tertiary/aromatic N) is 2. The average Bonchev–Trinajstić information content (AvgIpc) is 3.15. The first-order valence-electron chi connectivity index (χ1n) is 16.6. The molecule has 15 heteroatoms. The van der Waals surface area contributed by atoms with Crippen molar-refractivity contribution >= 4 is 45.2 Å². The summed E-state index contributed by atoms with van der Waals surface area (Å²) < 4.78 is 53.4. The van der Waals surface area contributed by atoms with Gasteiger partial charge in [-0.3, -0.25) is 4.90 Å². The highest BCUT2D eigenvalue weighted by atomic mass is 35.5. The highest BCUT2D eigenvalue weighted by Crippen LogP contribution is 2.36. The van der Waals surface area contributed by atoms with E-state index >= 15 is 0 Å². The number of aromatic nitrogens is 1. The third kappa shape index (κ3) is 8.45. The van der Waals surface area contributed by atoms with Crippen LogP contribution in [0, 0.1) is 11.1 Å². The van der Waals surface area contributed by atoms with E-state index in [9.17, 15) is 23.2 Å². The van der Waals surface area contributed by atoms with Gasteiger partial charge in [-0.05, 0) is 73.3 Å². The molecule has 2 unspecified atom stereocenters. The number of rotatable bonds is 13. The van der Waals surface area contributed by atoms with E-state index in [0.29, 0.717) is 39.5 Å². The van der Waals surface area contributed by atoms with Gasteiger partial charge in [-0.1, -0.05) is 65.7 Å². The summed E-state index contributed by atoms with van der Waals surface area (Å²) in [5, 5.41) is 12.0. The summed E-state index contributed by atoms with van der Waals surface area (Å²) in [7, 11) is -1.45. The van der Waals surface area contributed by atoms with Crippen molar-refractivity contribution in [2.24, 2.45) is 5.92 Å². The summed E-state index contributed by atoms with van der Waals surface area (Å²) in [6.07, 6.45) is 2.71. The molecule has 0 amide bonds. The van der Waals surface area contributed by atoms with Crippen molar-refractivity contribution in [1.29, 1.82) is 0 Å². The van der Waals surface area contributed by atoms with Gasteiger partial charge in [0.05, 0.1) is 24.7 Å². The molecule has 3 atom stereocenters. The van der Waals surface area contributed by atoms with Crippen molar-refractivity contribution in [1.82, 2.24) is 9.62 Å². The number of methoxy groups -OCH3 is 2. The van der Waals surface area contributed by atoms with Gasteiger partial charge < -0.3 is 24.2 Å². The SMILES string of the molecule is COc1ccc(C(Cc2c(Cl)c[n+]([O-])cc2Cl)OC(=O)c2cccc(S(=O)(=O)NC(C(=O)O[C@H]3CN4CCC3CC4)c3ccccc3)c2)cc1OC. The Kier molecular flexibility index (Phi) is 11.6. The fraction of sp³-hybridized carbons (Fsp3) is 0.324. The Labute approximate surface area is 311 Å². The quantitative estimate of drug-likeness (QED) is 0.106. The summed E-state index contributed by atoms with van der Waals surface area (Å²) in [6, 6.07) is 17.4. The lowest BCUT2D eigenvalue weighted by atomic mass is 9.86. The summed E-state index contributed by atoms with van der Waals surface area (Å²) in [6.45, 7) is 2.52. The van der Waals surface area contributed by atoms with Gasteiger partial charge in [0, 0.05) is 18.5 Å². The van der Waals surface area contributed by atoms with E-state index in [4.69, 9.17) is 42.1 Å². The smallest absolute Gasteiger partial charge is 0.338 e. The molecule has 1 aromatic heterocycles. The monoisotopic (exact) mass is 769 g/mol. The minimum absolute atomic E-state index is 0.0419. The molecule has 0 radical (unpaired) electrons. The molecule has 0 saturated carbocycles. The Morgan fingerprint density at radius 1 is 0.923 bits per heavy atom. The summed E-state index contributed by atoms with van der Waals surface area (Å²) in [5.41, 5.74) is 1.16. The summed E-state index contributed by atoms with van der Waals surface area (Å²) >= 11 is 12.8. The van der Waals surface area contributed by atoms with Crippen LogP contribution in [0.4, 0.5) is 0 Å². The maximum atomic E-state index is 13.9. The Hall–Kier alpha value is -4.40. The number of nitrogens with one attached hydrogen (secondary N) is 1. The molecule has 3 saturated heterocycles. The number of sulfonamides is 1. The van der Waals surface area contributed by atoms with Gasteiger partial charge >= 0.3 is 11.9 Å². The van der Waals surface area contributed by atoms with Crippen molar-refractivity contribution in [3.63, 3.8) is 0 Å². The first-order valence-corrected chi connectivity index (χ1v) is 18.8. The summed E-state index contributed by atoms with van der Waals surface area (Å²) in [4.78, 5) is 29.4. The molecule has 52 heavy (non-hydrogen) atoms. The first kappa shape index (κ1) is 37.4. The number of esters is 2. The number of piperidine rings is 3. The van der Waals surface area contributed by atoms with E-state index < -0.39 is 34.1 Å². The van der Waals surface area contributed by atoms with Crippen molar-refractivity contribution in [2.45, 2.75) is 42.4 Å². The molecule has 1 N–H and O–H groups in total. The summed E-state index contributed by atoms with van der Waals surface area (Å²) in [5.74, 6) is -0.540. The van der Waals surface area contributed by atoms with Gasteiger partial charge in [0.25, 0.3) is 0 Å². The predicted octanol–water partition coefficient (Wildman–Crippen LogP) is 5.44. The number of halogens is 2. The van der Waals surface area contributed by atoms with Gasteiger partial charge in [0.1, 0.15) is 28.3 Å². The molecule has 0 spiro atoms. The number of carbonyl (C=O) groups is 2. The van der Waals surface area contributed by atoms with Crippen molar-refractivity contribution < 1.29 is 41.7 Å². The molecule has 4 aromatic rings.